The molecule has 1 aromatic heterocycles. The van der Waals surface area contributed by atoms with Crippen molar-refractivity contribution in [1.82, 2.24) is 24.9 Å². The molecule has 2 aromatic carbocycles. The zero-order valence-electron chi connectivity index (χ0n) is 23.3. The Kier molecular flexibility index (Phi) is 6.85. The highest BCUT2D eigenvalue weighted by Crippen LogP contribution is 2.41. The lowest BCUT2D eigenvalue weighted by Crippen LogP contribution is -2.60. The number of imide groups is 1. The van der Waals surface area contributed by atoms with Crippen molar-refractivity contribution in [2.24, 2.45) is 13.0 Å². The molecule has 3 heterocycles. The van der Waals surface area contributed by atoms with Crippen LogP contribution in [0, 0.1) is 18.7 Å². The largest absolute Gasteiger partial charge is 0.341 e. The third-order valence-corrected chi connectivity index (χ3v) is 8.09. The maximum absolute atomic E-state index is 14.3. The van der Waals surface area contributed by atoms with Gasteiger partial charge >= 0.3 is 6.03 Å². The summed E-state index contributed by atoms with van der Waals surface area (Å²) in [6, 6.07) is 8.49. The molecule has 2 aliphatic heterocycles. The van der Waals surface area contributed by atoms with Crippen LogP contribution in [0.15, 0.2) is 42.6 Å². The number of urea groups is 1. The molecule has 10 nitrogen and oxygen atoms in total. The van der Waals surface area contributed by atoms with Gasteiger partial charge in [-0.05, 0) is 56.0 Å². The molecule has 2 aliphatic rings. The second-order valence-corrected chi connectivity index (χ2v) is 11.0. The van der Waals surface area contributed by atoms with Crippen LogP contribution in [0.5, 0.6) is 0 Å². The van der Waals surface area contributed by atoms with Crippen LogP contribution >= 0.6 is 0 Å². The molecule has 5 rings (SSSR count). The number of rotatable bonds is 5. The lowest BCUT2D eigenvalue weighted by molar-refractivity contribution is -0.139. The van der Waals surface area contributed by atoms with Crippen LogP contribution in [0.3, 0.4) is 0 Å². The fourth-order valence-corrected chi connectivity index (χ4v) is 5.75. The number of amides is 5. The SMILES string of the molecule is Cc1ccc(F)c(C(=O)N[C@@H](C(=O)N2CCC3(CC2)C(=O)N(C)C(=O)N3c2ccc3c(cnn3C)c2)C(C)C)c1. The van der Waals surface area contributed by atoms with Gasteiger partial charge in [0, 0.05) is 38.3 Å². The molecule has 5 amide bonds. The van der Waals surface area contributed by atoms with Gasteiger partial charge in [0.25, 0.3) is 11.8 Å². The van der Waals surface area contributed by atoms with Crippen molar-refractivity contribution in [2.45, 2.75) is 45.2 Å². The van der Waals surface area contributed by atoms with Gasteiger partial charge in [-0.3, -0.25) is 28.9 Å². The van der Waals surface area contributed by atoms with Gasteiger partial charge in [-0.1, -0.05) is 25.5 Å². The molecule has 1 atom stereocenters. The number of benzene rings is 2. The van der Waals surface area contributed by atoms with Crippen LogP contribution in [0.1, 0.15) is 42.6 Å². The van der Waals surface area contributed by atoms with Crippen LogP contribution in [0.2, 0.25) is 0 Å². The highest BCUT2D eigenvalue weighted by molar-refractivity contribution is 6.17. The molecule has 0 saturated carbocycles. The molecule has 210 valence electrons. The molecule has 0 radical (unpaired) electrons. The Balaban J connectivity index is 1.36. The molecule has 2 saturated heterocycles. The van der Waals surface area contributed by atoms with Crippen LogP contribution in [0.4, 0.5) is 14.9 Å². The van der Waals surface area contributed by atoms with Gasteiger partial charge in [-0.2, -0.15) is 5.10 Å². The number of halogens is 1. The molecule has 3 aromatic rings. The number of piperidine rings is 1. The van der Waals surface area contributed by atoms with E-state index in [9.17, 15) is 23.6 Å². The maximum Gasteiger partial charge on any atom is 0.331 e. The maximum atomic E-state index is 14.3. The van der Waals surface area contributed by atoms with Crippen molar-refractivity contribution in [1.29, 1.82) is 0 Å². The van der Waals surface area contributed by atoms with E-state index in [1.165, 1.54) is 19.2 Å². The highest BCUT2D eigenvalue weighted by Gasteiger charge is 2.58. The summed E-state index contributed by atoms with van der Waals surface area (Å²) < 4.78 is 16.1. The third kappa shape index (κ3) is 4.39. The fraction of sp³-hybridized carbons (Fsp3) is 0.414. The average molecular weight is 549 g/mol. The molecular formula is C29H33FN6O4. The number of likely N-dealkylation sites (N-methyl/N-ethyl adjacent to an activating group) is 1. The van der Waals surface area contributed by atoms with Gasteiger partial charge < -0.3 is 10.2 Å². The topological polar surface area (TPSA) is 108 Å². The van der Waals surface area contributed by atoms with E-state index in [1.807, 2.05) is 39.1 Å². The molecular weight excluding hydrogens is 515 g/mol. The van der Waals surface area contributed by atoms with E-state index in [-0.39, 0.29) is 49.2 Å². The number of carbonyl (C=O) groups is 4. The van der Waals surface area contributed by atoms with E-state index in [4.69, 9.17) is 0 Å². The molecule has 1 spiro atoms. The summed E-state index contributed by atoms with van der Waals surface area (Å²) >= 11 is 0. The summed E-state index contributed by atoms with van der Waals surface area (Å²) in [6.07, 6.45) is 2.19. The minimum atomic E-state index is -1.13. The predicted molar refractivity (Wildman–Crippen MR) is 147 cm³/mol. The van der Waals surface area contributed by atoms with Gasteiger partial charge in [-0.15, -0.1) is 0 Å². The standard InChI is InChI=1S/C29H33FN6O4/c1-17(2)24(32-25(37)21-14-18(3)6-8-22(21)30)26(38)35-12-10-29(11-13-35)27(39)33(4)28(40)36(29)20-7-9-23-19(15-20)16-31-34(23)5/h6-9,14-17,24H,10-13H2,1-5H3,(H,32,37)/t24-/m1/s1. The van der Waals surface area contributed by atoms with E-state index in [2.05, 4.69) is 10.4 Å². The van der Waals surface area contributed by atoms with Crippen molar-refractivity contribution >= 4 is 40.3 Å². The van der Waals surface area contributed by atoms with E-state index in [0.29, 0.717) is 5.69 Å². The number of likely N-dealkylation sites (tertiary alicyclic amines) is 1. The Morgan fingerprint density at radius 3 is 2.42 bits per heavy atom. The van der Waals surface area contributed by atoms with Crippen molar-refractivity contribution < 1.29 is 23.6 Å². The summed E-state index contributed by atoms with van der Waals surface area (Å²) in [5, 5.41) is 7.83. The number of fused-ring (bicyclic) bond motifs is 1. The number of hydrogen-bond donors (Lipinski definition) is 1. The van der Waals surface area contributed by atoms with E-state index in [1.54, 1.807) is 33.7 Å². The first-order valence-electron chi connectivity index (χ1n) is 13.3. The lowest BCUT2D eigenvalue weighted by Gasteiger charge is -2.43. The second kappa shape index (κ2) is 10.0. The van der Waals surface area contributed by atoms with Crippen LogP contribution in [-0.2, 0) is 16.6 Å². The van der Waals surface area contributed by atoms with E-state index < -0.39 is 29.3 Å². The number of nitrogens with one attached hydrogen (secondary N) is 1. The van der Waals surface area contributed by atoms with Gasteiger partial charge in [0.15, 0.2) is 0 Å². The lowest BCUT2D eigenvalue weighted by atomic mass is 9.85. The Bertz CT molecular complexity index is 1520. The number of aromatic nitrogens is 2. The molecule has 1 N–H and O–H groups in total. The smallest absolute Gasteiger partial charge is 0.331 e. The van der Waals surface area contributed by atoms with E-state index >= 15 is 0 Å². The third-order valence-electron chi connectivity index (χ3n) is 8.09. The number of carbonyl (C=O) groups excluding carboxylic acids is 4. The summed E-state index contributed by atoms with van der Waals surface area (Å²) in [6.45, 7) is 5.82. The van der Waals surface area contributed by atoms with Crippen LogP contribution in [-0.4, -0.2) is 75.1 Å². The minimum Gasteiger partial charge on any atom is -0.341 e. The first-order chi connectivity index (χ1) is 18.9. The van der Waals surface area contributed by atoms with Crippen molar-refractivity contribution in [3.8, 4) is 0 Å². The normalized spacial score (nSPS) is 17.8. The first-order valence-corrected chi connectivity index (χ1v) is 13.3. The summed E-state index contributed by atoms with van der Waals surface area (Å²) in [4.78, 5) is 57.6. The fourth-order valence-electron chi connectivity index (χ4n) is 5.75. The minimum absolute atomic E-state index is 0.115. The first kappa shape index (κ1) is 27.3. The molecule has 40 heavy (non-hydrogen) atoms. The summed E-state index contributed by atoms with van der Waals surface area (Å²) in [7, 11) is 3.31. The molecule has 11 heteroatoms. The van der Waals surface area contributed by atoms with Gasteiger partial charge in [0.1, 0.15) is 17.4 Å². The van der Waals surface area contributed by atoms with Gasteiger partial charge in [-0.25, -0.2) is 9.18 Å². The van der Waals surface area contributed by atoms with E-state index in [0.717, 1.165) is 21.4 Å². The van der Waals surface area contributed by atoms with Gasteiger partial charge in [0.2, 0.25) is 5.91 Å². The van der Waals surface area contributed by atoms with Gasteiger partial charge in [0.05, 0.1) is 17.3 Å². The zero-order valence-corrected chi connectivity index (χ0v) is 23.3. The summed E-state index contributed by atoms with van der Waals surface area (Å²) in [5.41, 5.74) is 0.982. The molecule has 0 bridgehead atoms. The Hall–Kier alpha value is -4.28. The Morgan fingerprint density at radius 1 is 1.05 bits per heavy atom. The number of hydrogen-bond acceptors (Lipinski definition) is 5. The molecule has 0 aliphatic carbocycles. The van der Waals surface area contributed by atoms with Crippen LogP contribution in [0.25, 0.3) is 10.9 Å². The Morgan fingerprint density at radius 2 is 1.75 bits per heavy atom. The summed E-state index contributed by atoms with van der Waals surface area (Å²) in [5.74, 6) is -2.18. The van der Waals surface area contributed by atoms with Crippen molar-refractivity contribution in [3.05, 3.63) is 59.5 Å². The second-order valence-electron chi connectivity index (χ2n) is 11.0. The van der Waals surface area contributed by atoms with Crippen molar-refractivity contribution in [3.63, 3.8) is 0 Å². The van der Waals surface area contributed by atoms with Crippen molar-refractivity contribution in [2.75, 3.05) is 25.0 Å². The quantitative estimate of drug-likeness (QED) is 0.493. The zero-order chi connectivity index (χ0) is 28.9. The monoisotopic (exact) mass is 548 g/mol. The number of nitrogens with zero attached hydrogens (tertiary/aromatic N) is 5. The predicted octanol–water partition coefficient (Wildman–Crippen LogP) is 3.24. The molecule has 2 fully saturated rings. The number of aryl methyl sites for hydroxylation is 2. The average Bonchev–Trinajstić information content (AvgIpc) is 3.38. The Labute approximate surface area is 231 Å². The van der Waals surface area contributed by atoms with Crippen LogP contribution < -0.4 is 10.2 Å². The number of anilines is 1. The molecule has 0 unspecified atom stereocenters. The highest BCUT2D eigenvalue weighted by atomic mass is 19.1.